The van der Waals surface area contributed by atoms with E-state index in [9.17, 15) is 22.4 Å². The van der Waals surface area contributed by atoms with E-state index in [0.29, 0.717) is 37.1 Å². The molecule has 0 aliphatic carbocycles. The molecule has 1 saturated heterocycles. The molecule has 1 aromatic heterocycles. The van der Waals surface area contributed by atoms with Crippen LogP contribution in [0.3, 0.4) is 0 Å². The first-order valence-electron chi connectivity index (χ1n) is 7.76. The van der Waals surface area contributed by atoms with Crippen molar-refractivity contribution in [1.82, 2.24) is 15.1 Å². The van der Waals surface area contributed by atoms with Crippen LogP contribution >= 0.6 is 0 Å². The average Bonchev–Trinajstić information content (AvgIpc) is 2.61. The molecule has 0 unspecified atom stereocenters. The van der Waals surface area contributed by atoms with Crippen molar-refractivity contribution >= 4 is 17.5 Å². The number of hydrogen-bond donors (Lipinski definition) is 1. The van der Waals surface area contributed by atoms with Gasteiger partial charge in [0, 0.05) is 26.2 Å². The van der Waals surface area contributed by atoms with E-state index in [2.05, 4.69) is 10.2 Å². The third kappa shape index (κ3) is 3.68. The van der Waals surface area contributed by atoms with Gasteiger partial charge in [-0.2, -0.15) is 13.2 Å². The Hall–Kier alpha value is -2.91. The van der Waals surface area contributed by atoms with Crippen LogP contribution in [0.4, 0.5) is 29.2 Å². The van der Waals surface area contributed by atoms with Crippen LogP contribution in [0.15, 0.2) is 30.3 Å². The fourth-order valence-electron chi connectivity index (χ4n) is 2.75. The predicted octanol–water partition coefficient (Wildman–Crippen LogP) is 2.18. The number of halogens is 4. The van der Waals surface area contributed by atoms with Gasteiger partial charge in [0.25, 0.3) is 5.91 Å². The molecule has 6 nitrogen and oxygen atoms in total. The normalized spacial score (nSPS) is 15.2. The lowest BCUT2D eigenvalue weighted by atomic mass is 10.0. The van der Waals surface area contributed by atoms with Crippen molar-refractivity contribution in [2.45, 2.75) is 6.18 Å². The van der Waals surface area contributed by atoms with Crippen LogP contribution in [0.1, 0.15) is 15.9 Å². The first-order valence-corrected chi connectivity index (χ1v) is 7.76. The first kappa shape index (κ1) is 17.9. The van der Waals surface area contributed by atoms with Crippen LogP contribution in [-0.4, -0.2) is 47.2 Å². The van der Waals surface area contributed by atoms with Gasteiger partial charge in [-0.1, -0.05) is 0 Å². The predicted molar refractivity (Wildman–Crippen MR) is 86.0 cm³/mol. The summed E-state index contributed by atoms with van der Waals surface area (Å²) >= 11 is 0. The summed E-state index contributed by atoms with van der Waals surface area (Å²) in [4.78, 5) is 15.6. The van der Waals surface area contributed by atoms with Crippen molar-refractivity contribution in [3.8, 4) is 0 Å². The van der Waals surface area contributed by atoms with Gasteiger partial charge in [0.05, 0.1) is 11.1 Å². The number of rotatable bonds is 2. The van der Waals surface area contributed by atoms with Crippen LogP contribution in [0.5, 0.6) is 0 Å². The van der Waals surface area contributed by atoms with Crippen LogP contribution in [0.25, 0.3) is 0 Å². The molecule has 1 fully saturated rings. The van der Waals surface area contributed by atoms with E-state index in [-0.39, 0.29) is 18.9 Å². The number of anilines is 2. The molecule has 2 N–H and O–H groups in total. The topological polar surface area (TPSA) is 75.3 Å². The number of alkyl halides is 3. The van der Waals surface area contributed by atoms with Gasteiger partial charge < -0.3 is 15.5 Å². The average molecular weight is 369 g/mol. The third-order valence-corrected chi connectivity index (χ3v) is 4.08. The molecule has 1 aromatic carbocycles. The Morgan fingerprint density at radius 1 is 1.04 bits per heavy atom. The van der Waals surface area contributed by atoms with E-state index < -0.39 is 29.0 Å². The Morgan fingerprint density at radius 3 is 2.31 bits per heavy atom. The highest BCUT2D eigenvalue weighted by Gasteiger charge is 2.37. The number of aromatic nitrogens is 2. The molecule has 1 aliphatic rings. The van der Waals surface area contributed by atoms with E-state index in [1.807, 2.05) is 4.90 Å². The highest BCUT2D eigenvalue weighted by atomic mass is 19.4. The highest BCUT2D eigenvalue weighted by Crippen LogP contribution is 2.33. The fourth-order valence-corrected chi connectivity index (χ4v) is 2.75. The largest absolute Gasteiger partial charge is 0.417 e. The van der Waals surface area contributed by atoms with Crippen molar-refractivity contribution < 1.29 is 22.4 Å². The van der Waals surface area contributed by atoms with Gasteiger partial charge in [-0.15, -0.1) is 10.2 Å². The summed E-state index contributed by atoms with van der Waals surface area (Å²) in [6.45, 7) is 1.08. The van der Waals surface area contributed by atoms with Gasteiger partial charge in [0.15, 0.2) is 5.82 Å². The van der Waals surface area contributed by atoms with Gasteiger partial charge in [0.2, 0.25) is 0 Å². The minimum atomic E-state index is -4.74. The Morgan fingerprint density at radius 2 is 1.73 bits per heavy atom. The molecule has 0 atom stereocenters. The van der Waals surface area contributed by atoms with Gasteiger partial charge in [-0.3, -0.25) is 4.79 Å². The molecular weight excluding hydrogens is 354 g/mol. The minimum Gasteiger partial charge on any atom is -0.382 e. The molecule has 1 aliphatic heterocycles. The summed E-state index contributed by atoms with van der Waals surface area (Å²) in [5.74, 6) is -0.904. The van der Waals surface area contributed by atoms with Gasteiger partial charge in [-0.05, 0) is 30.3 Å². The van der Waals surface area contributed by atoms with Crippen molar-refractivity contribution in [1.29, 1.82) is 0 Å². The quantitative estimate of drug-likeness (QED) is 0.822. The number of carbonyl (C=O) groups is 1. The van der Waals surface area contributed by atoms with E-state index in [4.69, 9.17) is 5.73 Å². The molecule has 10 heteroatoms. The zero-order valence-electron chi connectivity index (χ0n) is 13.5. The van der Waals surface area contributed by atoms with E-state index in [1.54, 1.807) is 12.1 Å². The van der Waals surface area contributed by atoms with Crippen molar-refractivity contribution in [2.24, 2.45) is 0 Å². The highest BCUT2D eigenvalue weighted by molar-refractivity contribution is 5.96. The maximum atomic E-state index is 13.4. The second-order valence-electron chi connectivity index (χ2n) is 5.78. The second kappa shape index (κ2) is 6.77. The lowest BCUT2D eigenvalue weighted by Gasteiger charge is -2.35. The summed E-state index contributed by atoms with van der Waals surface area (Å²) < 4.78 is 52.7. The summed E-state index contributed by atoms with van der Waals surface area (Å²) in [6.07, 6.45) is -4.74. The number of nitrogen functional groups attached to an aromatic ring is 1. The summed E-state index contributed by atoms with van der Waals surface area (Å²) in [6, 6.07) is 5.17. The molecule has 138 valence electrons. The summed E-state index contributed by atoms with van der Waals surface area (Å²) in [5, 5.41) is 7.68. The maximum Gasteiger partial charge on any atom is 0.417 e. The number of nitrogens with two attached hydrogens (primary N) is 1. The van der Waals surface area contributed by atoms with Crippen LogP contribution < -0.4 is 10.6 Å². The molecular formula is C16H15F4N5O. The van der Waals surface area contributed by atoms with E-state index >= 15 is 0 Å². The number of hydrogen-bond acceptors (Lipinski definition) is 5. The van der Waals surface area contributed by atoms with E-state index in [0.717, 1.165) is 0 Å². The Bertz CT molecular complexity index is 801. The monoisotopic (exact) mass is 369 g/mol. The maximum absolute atomic E-state index is 13.4. The number of carbonyl (C=O) groups excluding carboxylic acids is 1. The molecule has 0 spiro atoms. The fraction of sp³-hybridized carbons (Fsp3) is 0.312. The Kier molecular flexibility index (Phi) is 4.66. The molecule has 26 heavy (non-hydrogen) atoms. The van der Waals surface area contributed by atoms with Crippen molar-refractivity contribution in [2.75, 3.05) is 36.8 Å². The first-order chi connectivity index (χ1) is 12.3. The summed E-state index contributed by atoms with van der Waals surface area (Å²) in [7, 11) is 0. The number of nitrogens with zero attached hydrogens (tertiary/aromatic N) is 4. The lowest BCUT2D eigenvalue weighted by molar-refractivity contribution is -0.138. The molecule has 1 amide bonds. The molecule has 0 saturated carbocycles. The van der Waals surface area contributed by atoms with Gasteiger partial charge in [-0.25, -0.2) is 4.39 Å². The molecule has 0 radical (unpaired) electrons. The Labute approximate surface area is 146 Å². The molecule has 3 rings (SSSR count). The molecule has 2 heterocycles. The van der Waals surface area contributed by atoms with Crippen LogP contribution in [-0.2, 0) is 6.18 Å². The smallest absolute Gasteiger partial charge is 0.382 e. The number of piperazine rings is 1. The van der Waals surface area contributed by atoms with Crippen molar-refractivity contribution in [3.05, 3.63) is 47.3 Å². The Balaban J connectivity index is 1.75. The van der Waals surface area contributed by atoms with E-state index in [1.165, 1.54) is 4.90 Å². The zero-order chi connectivity index (χ0) is 18.9. The minimum absolute atomic E-state index is 0.179. The van der Waals surface area contributed by atoms with Crippen LogP contribution in [0.2, 0.25) is 0 Å². The lowest BCUT2D eigenvalue weighted by Crippen LogP contribution is -2.49. The number of benzene rings is 1. The van der Waals surface area contributed by atoms with Gasteiger partial charge >= 0.3 is 6.18 Å². The molecule has 2 aromatic rings. The molecule has 0 bridgehead atoms. The second-order valence-corrected chi connectivity index (χ2v) is 5.78. The SMILES string of the molecule is Nc1ccc(N2CCN(C(=O)c3cc(F)ccc3C(F)(F)F)CC2)nn1. The zero-order valence-corrected chi connectivity index (χ0v) is 13.5. The number of amides is 1. The van der Waals surface area contributed by atoms with Crippen molar-refractivity contribution in [3.63, 3.8) is 0 Å². The van der Waals surface area contributed by atoms with Crippen LogP contribution in [0, 0.1) is 5.82 Å². The third-order valence-electron chi connectivity index (χ3n) is 4.08. The summed E-state index contributed by atoms with van der Waals surface area (Å²) in [5.41, 5.74) is 3.65. The standard InChI is InChI=1S/C16H15F4N5O/c17-10-1-2-12(16(18,19)20)11(9-10)15(26)25-7-5-24(6-8-25)14-4-3-13(21)22-23-14/h1-4,9H,5-8H2,(H2,21,22). The van der Waals surface area contributed by atoms with Gasteiger partial charge in [0.1, 0.15) is 11.6 Å².